The SMILES string of the molecule is N#CCC1(N)CCN(Cc2ccc(-n3cnc4ccccc43)cc2)CC1. The van der Waals surface area contributed by atoms with E-state index < -0.39 is 0 Å². The summed E-state index contributed by atoms with van der Waals surface area (Å²) in [6.45, 7) is 2.83. The Balaban J connectivity index is 1.43. The van der Waals surface area contributed by atoms with Gasteiger partial charge in [0, 0.05) is 30.9 Å². The molecule has 26 heavy (non-hydrogen) atoms. The Labute approximate surface area is 153 Å². The third kappa shape index (κ3) is 3.34. The lowest BCUT2D eigenvalue weighted by Gasteiger charge is -2.37. The van der Waals surface area contributed by atoms with Crippen LogP contribution >= 0.6 is 0 Å². The highest BCUT2D eigenvalue weighted by molar-refractivity contribution is 5.77. The van der Waals surface area contributed by atoms with E-state index in [2.05, 4.69) is 50.9 Å². The van der Waals surface area contributed by atoms with E-state index in [0.717, 1.165) is 49.2 Å². The van der Waals surface area contributed by atoms with Crippen LogP contribution in [-0.4, -0.2) is 33.1 Å². The molecule has 0 radical (unpaired) electrons. The zero-order valence-electron chi connectivity index (χ0n) is 14.8. The fourth-order valence-corrected chi connectivity index (χ4v) is 3.68. The Bertz CT molecular complexity index is 927. The summed E-state index contributed by atoms with van der Waals surface area (Å²) in [5.74, 6) is 0. The second-order valence-corrected chi connectivity index (χ2v) is 7.24. The van der Waals surface area contributed by atoms with Crippen LogP contribution in [0.4, 0.5) is 0 Å². The number of nitrogens with two attached hydrogens (primary N) is 1. The first-order chi connectivity index (χ1) is 12.7. The second kappa shape index (κ2) is 6.91. The van der Waals surface area contributed by atoms with E-state index in [-0.39, 0.29) is 5.54 Å². The molecule has 0 bridgehead atoms. The molecular formula is C21H23N5. The highest BCUT2D eigenvalue weighted by atomic mass is 15.1. The van der Waals surface area contributed by atoms with Crippen LogP contribution in [-0.2, 0) is 6.54 Å². The molecule has 0 saturated carbocycles. The predicted molar refractivity (Wildman–Crippen MR) is 103 cm³/mol. The first-order valence-electron chi connectivity index (χ1n) is 9.06. The monoisotopic (exact) mass is 345 g/mol. The number of hydrogen-bond donors (Lipinski definition) is 1. The highest BCUT2D eigenvalue weighted by Crippen LogP contribution is 2.24. The van der Waals surface area contributed by atoms with Gasteiger partial charge in [0.25, 0.3) is 0 Å². The van der Waals surface area contributed by atoms with Crippen LogP contribution in [0.2, 0.25) is 0 Å². The van der Waals surface area contributed by atoms with Crippen molar-refractivity contribution in [3.63, 3.8) is 0 Å². The summed E-state index contributed by atoms with van der Waals surface area (Å²) in [7, 11) is 0. The standard InChI is InChI=1S/C21H23N5/c22-12-9-21(23)10-13-25(14-11-21)15-17-5-7-18(8-6-17)26-16-24-19-3-1-2-4-20(19)26/h1-8,16H,9-11,13-15,23H2. The Morgan fingerprint density at radius 2 is 1.81 bits per heavy atom. The zero-order chi connectivity index (χ0) is 18.0. The number of benzene rings is 2. The summed E-state index contributed by atoms with van der Waals surface area (Å²) in [4.78, 5) is 6.88. The largest absolute Gasteiger partial charge is 0.324 e. The summed E-state index contributed by atoms with van der Waals surface area (Å²) in [5, 5.41) is 8.91. The maximum atomic E-state index is 8.91. The molecule has 0 unspecified atom stereocenters. The van der Waals surface area contributed by atoms with Crippen LogP contribution < -0.4 is 5.73 Å². The maximum Gasteiger partial charge on any atom is 0.100 e. The van der Waals surface area contributed by atoms with E-state index in [1.165, 1.54) is 5.56 Å². The molecule has 132 valence electrons. The van der Waals surface area contributed by atoms with E-state index in [4.69, 9.17) is 11.0 Å². The van der Waals surface area contributed by atoms with Gasteiger partial charge in [0.05, 0.1) is 23.5 Å². The van der Waals surface area contributed by atoms with Gasteiger partial charge in [-0.15, -0.1) is 0 Å². The van der Waals surface area contributed by atoms with Gasteiger partial charge in [0.2, 0.25) is 0 Å². The highest BCUT2D eigenvalue weighted by Gasteiger charge is 2.30. The van der Waals surface area contributed by atoms with Crippen LogP contribution in [0.3, 0.4) is 0 Å². The van der Waals surface area contributed by atoms with Crippen molar-refractivity contribution in [1.29, 1.82) is 5.26 Å². The van der Waals surface area contributed by atoms with E-state index in [1.807, 2.05) is 24.5 Å². The van der Waals surface area contributed by atoms with Crippen LogP contribution in [0.1, 0.15) is 24.8 Å². The molecule has 1 aromatic heterocycles. The maximum absolute atomic E-state index is 8.91. The Morgan fingerprint density at radius 3 is 2.54 bits per heavy atom. The lowest BCUT2D eigenvalue weighted by molar-refractivity contribution is 0.157. The number of nitriles is 1. The smallest absolute Gasteiger partial charge is 0.100 e. The number of imidazole rings is 1. The lowest BCUT2D eigenvalue weighted by Crippen LogP contribution is -2.49. The minimum Gasteiger partial charge on any atom is -0.324 e. The van der Waals surface area contributed by atoms with Crippen molar-refractivity contribution in [2.75, 3.05) is 13.1 Å². The number of rotatable bonds is 4. The summed E-state index contributed by atoms with van der Waals surface area (Å²) >= 11 is 0. The summed E-state index contributed by atoms with van der Waals surface area (Å²) < 4.78 is 2.12. The van der Waals surface area contributed by atoms with E-state index in [0.29, 0.717) is 6.42 Å². The van der Waals surface area contributed by atoms with Crippen molar-refractivity contribution in [2.45, 2.75) is 31.3 Å². The molecule has 2 heterocycles. The third-order valence-electron chi connectivity index (χ3n) is 5.36. The summed E-state index contributed by atoms with van der Waals surface area (Å²) in [6.07, 6.45) is 4.11. The van der Waals surface area contributed by atoms with Crippen molar-refractivity contribution in [2.24, 2.45) is 5.73 Å². The fourth-order valence-electron chi connectivity index (χ4n) is 3.68. The number of hydrogen-bond acceptors (Lipinski definition) is 4. The molecule has 4 rings (SSSR count). The molecule has 1 saturated heterocycles. The fraction of sp³-hybridized carbons (Fsp3) is 0.333. The molecule has 0 amide bonds. The van der Waals surface area contributed by atoms with Gasteiger partial charge in [0.1, 0.15) is 6.33 Å². The molecule has 0 atom stereocenters. The van der Waals surface area contributed by atoms with Crippen LogP contribution in [0, 0.1) is 11.3 Å². The van der Waals surface area contributed by atoms with Gasteiger partial charge >= 0.3 is 0 Å². The van der Waals surface area contributed by atoms with Gasteiger partial charge in [-0.3, -0.25) is 9.47 Å². The van der Waals surface area contributed by atoms with Gasteiger partial charge < -0.3 is 5.73 Å². The van der Waals surface area contributed by atoms with Gasteiger partial charge in [-0.1, -0.05) is 24.3 Å². The third-order valence-corrected chi connectivity index (χ3v) is 5.36. The minimum absolute atomic E-state index is 0.294. The van der Waals surface area contributed by atoms with Gasteiger partial charge in [-0.05, 0) is 42.7 Å². The Morgan fingerprint density at radius 1 is 1.08 bits per heavy atom. The second-order valence-electron chi connectivity index (χ2n) is 7.24. The van der Waals surface area contributed by atoms with E-state index in [1.54, 1.807) is 0 Å². The number of piperidine rings is 1. The number of para-hydroxylation sites is 2. The zero-order valence-corrected chi connectivity index (χ0v) is 14.8. The van der Waals surface area contributed by atoms with Crippen LogP contribution in [0.15, 0.2) is 54.9 Å². The molecule has 1 aliphatic heterocycles. The Kier molecular flexibility index (Phi) is 4.46. The van der Waals surface area contributed by atoms with Gasteiger partial charge in [-0.25, -0.2) is 4.98 Å². The lowest BCUT2D eigenvalue weighted by atomic mass is 9.86. The van der Waals surface area contributed by atoms with Gasteiger partial charge in [0.15, 0.2) is 0 Å². The molecule has 0 aliphatic carbocycles. The number of fused-ring (bicyclic) bond motifs is 1. The molecule has 2 N–H and O–H groups in total. The first-order valence-corrected chi connectivity index (χ1v) is 9.06. The molecule has 5 nitrogen and oxygen atoms in total. The molecule has 0 spiro atoms. The molecule has 2 aromatic carbocycles. The van der Waals surface area contributed by atoms with E-state index >= 15 is 0 Å². The van der Waals surface area contributed by atoms with Crippen molar-refractivity contribution < 1.29 is 0 Å². The molecule has 1 fully saturated rings. The van der Waals surface area contributed by atoms with Gasteiger partial charge in [-0.2, -0.15) is 5.26 Å². The molecule has 1 aliphatic rings. The first kappa shape index (κ1) is 16.8. The molecular weight excluding hydrogens is 322 g/mol. The number of nitrogens with zero attached hydrogens (tertiary/aromatic N) is 4. The quantitative estimate of drug-likeness (QED) is 0.788. The Hall–Kier alpha value is -2.68. The van der Waals surface area contributed by atoms with E-state index in [9.17, 15) is 0 Å². The topological polar surface area (TPSA) is 70.9 Å². The summed E-state index contributed by atoms with van der Waals surface area (Å²) in [5.41, 5.74) is 10.5. The normalized spacial score (nSPS) is 17.2. The molecule has 5 heteroatoms. The van der Waals surface area contributed by atoms with Crippen LogP contribution in [0.5, 0.6) is 0 Å². The van der Waals surface area contributed by atoms with Crippen molar-refractivity contribution in [1.82, 2.24) is 14.5 Å². The van der Waals surface area contributed by atoms with Crippen molar-refractivity contribution in [3.05, 3.63) is 60.4 Å². The minimum atomic E-state index is -0.294. The van der Waals surface area contributed by atoms with Crippen molar-refractivity contribution >= 4 is 11.0 Å². The van der Waals surface area contributed by atoms with Crippen molar-refractivity contribution in [3.8, 4) is 11.8 Å². The van der Waals surface area contributed by atoms with Crippen LogP contribution in [0.25, 0.3) is 16.7 Å². The number of aromatic nitrogens is 2. The average molecular weight is 345 g/mol. The number of likely N-dealkylation sites (tertiary alicyclic amines) is 1. The average Bonchev–Trinajstić information content (AvgIpc) is 3.09. The predicted octanol–water partition coefficient (Wildman–Crippen LogP) is 3.23. The summed E-state index contributed by atoms with van der Waals surface area (Å²) in [6, 6.07) is 19.1. The molecule has 3 aromatic rings.